The molecular weight excluding hydrogens is 266 g/mol. The fraction of sp³-hybridized carbons (Fsp3) is 1.00. The highest BCUT2D eigenvalue weighted by Gasteiger charge is 2.20. The molecule has 0 bridgehead atoms. The molecule has 1 saturated heterocycles. The molecule has 1 nitrogen and oxygen atoms in total. The van der Waals surface area contributed by atoms with Gasteiger partial charge in [-0.2, -0.15) is 11.8 Å². The lowest BCUT2D eigenvalue weighted by molar-refractivity contribution is 0.247. The summed E-state index contributed by atoms with van der Waals surface area (Å²) in [6.07, 6.45) is 8.78. The first-order valence-electron chi connectivity index (χ1n) is 6.94. The molecule has 0 aromatic carbocycles. The monoisotopic (exact) mass is 291 g/mol. The van der Waals surface area contributed by atoms with E-state index in [1.54, 1.807) is 0 Å². The minimum absolute atomic E-state index is 0.893. The van der Waals surface area contributed by atoms with E-state index in [2.05, 4.69) is 40.2 Å². The Bertz CT molecular complexity index is 183. The number of rotatable bonds is 1. The summed E-state index contributed by atoms with van der Waals surface area (Å²) in [5, 5.41) is 0. The minimum Gasteiger partial charge on any atom is -0.282 e. The van der Waals surface area contributed by atoms with Crippen LogP contribution in [0.4, 0.5) is 0 Å². The first-order chi connectivity index (χ1) is 8.47. The van der Waals surface area contributed by atoms with Crippen LogP contribution in [0.15, 0.2) is 0 Å². The average molecular weight is 292 g/mol. The normalized spacial score (nSPS) is 27.5. The van der Waals surface area contributed by atoms with Gasteiger partial charge in [0.05, 0.1) is 0 Å². The minimum atomic E-state index is 0.893. The first-order valence-corrected chi connectivity index (χ1v) is 10.4. The van der Waals surface area contributed by atoms with E-state index in [0.29, 0.717) is 0 Å². The van der Waals surface area contributed by atoms with Crippen LogP contribution in [0.5, 0.6) is 0 Å². The Balaban J connectivity index is 1.81. The van der Waals surface area contributed by atoms with Crippen LogP contribution in [0.1, 0.15) is 38.5 Å². The lowest BCUT2D eigenvalue weighted by Gasteiger charge is -2.31. The van der Waals surface area contributed by atoms with Gasteiger partial charge in [0.25, 0.3) is 0 Å². The van der Waals surface area contributed by atoms with E-state index >= 15 is 0 Å². The SMILES string of the molecule is C1CCCC(N2CSCCSCCSC2)CC1. The predicted molar refractivity (Wildman–Crippen MR) is 85.3 cm³/mol. The summed E-state index contributed by atoms with van der Waals surface area (Å²) < 4.78 is 0. The molecule has 0 amide bonds. The number of nitrogens with zero attached hydrogens (tertiary/aromatic N) is 1. The maximum atomic E-state index is 2.77. The maximum absolute atomic E-state index is 2.77. The standard InChI is InChI=1S/C13H25NS3/c1-2-4-6-13(5-3-1)14-11-16-9-7-15-8-10-17-12-14/h13H,1-12H2. The first kappa shape index (κ1) is 14.4. The van der Waals surface area contributed by atoms with Crippen molar-refractivity contribution in [3.05, 3.63) is 0 Å². The predicted octanol–water partition coefficient (Wildman–Crippen LogP) is 4.14. The van der Waals surface area contributed by atoms with Crippen molar-refractivity contribution < 1.29 is 0 Å². The lowest BCUT2D eigenvalue weighted by atomic mass is 10.1. The third-order valence-corrected chi connectivity index (χ3v) is 7.12. The van der Waals surface area contributed by atoms with Crippen LogP contribution >= 0.6 is 35.3 Å². The van der Waals surface area contributed by atoms with Crippen LogP contribution in [-0.4, -0.2) is 45.7 Å². The van der Waals surface area contributed by atoms with Crippen molar-refractivity contribution >= 4 is 35.3 Å². The van der Waals surface area contributed by atoms with Crippen molar-refractivity contribution in [1.82, 2.24) is 4.90 Å². The molecule has 1 aliphatic heterocycles. The summed E-state index contributed by atoms with van der Waals surface area (Å²) in [5.41, 5.74) is 0. The summed E-state index contributed by atoms with van der Waals surface area (Å²) in [5.74, 6) is 7.95. The fourth-order valence-corrected chi connectivity index (χ4v) is 6.11. The molecule has 0 unspecified atom stereocenters. The van der Waals surface area contributed by atoms with Crippen molar-refractivity contribution in [3.63, 3.8) is 0 Å². The summed E-state index contributed by atoms with van der Waals surface area (Å²) >= 11 is 6.44. The van der Waals surface area contributed by atoms with Crippen LogP contribution in [0.3, 0.4) is 0 Å². The number of hydrogen-bond donors (Lipinski definition) is 0. The molecule has 0 aromatic heterocycles. The van der Waals surface area contributed by atoms with Crippen molar-refractivity contribution in [1.29, 1.82) is 0 Å². The van der Waals surface area contributed by atoms with Gasteiger partial charge in [-0.1, -0.05) is 25.7 Å². The van der Waals surface area contributed by atoms with E-state index in [-0.39, 0.29) is 0 Å². The Morgan fingerprint density at radius 2 is 1.18 bits per heavy atom. The van der Waals surface area contributed by atoms with Gasteiger partial charge in [0.2, 0.25) is 0 Å². The molecule has 2 fully saturated rings. The molecular formula is C13H25NS3. The topological polar surface area (TPSA) is 3.24 Å². The molecule has 2 rings (SSSR count). The zero-order chi connectivity index (χ0) is 11.8. The Kier molecular flexibility index (Phi) is 7.63. The van der Waals surface area contributed by atoms with Gasteiger partial charge in [0, 0.05) is 40.8 Å². The van der Waals surface area contributed by atoms with E-state index in [9.17, 15) is 0 Å². The molecule has 17 heavy (non-hydrogen) atoms. The van der Waals surface area contributed by atoms with Crippen LogP contribution in [0, 0.1) is 0 Å². The average Bonchev–Trinajstić information content (AvgIpc) is 2.64. The van der Waals surface area contributed by atoms with Crippen LogP contribution in [0.25, 0.3) is 0 Å². The molecule has 1 aliphatic carbocycles. The van der Waals surface area contributed by atoms with Crippen LogP contribution in [0.2, 0.25) is 0 Å². The van der Waals surface area contributed by atoms with Gasteiger partial charge >= 0.3 is 0 Å². The van der Waals surface area contributed by atoms with Crippen molar-refractivity contribution in [3.8, 4) is 0 Å². The van der Waals surface area contributed by atoms with Gasteiger partial charge in [0.15, 0.2) is 0 Å². The zero-order valence-corrected chi connectivity index (χ0v) is 13.2. The summed E-state index contributed by atoms with van der Waals surface area (Å²) in [7, 11) is 0. The lowest BCUT2D eigenvalue weighted by Crippen LogP contribution is -2.35. The van der Waals surface area contributed by atoms with E-state index in [4.69, 9.17) is 0 Å². The second-order valence-corrected chi connectivity index (χ2v) is 8.30. The molecule has 1 saturated carbocycles. The number of thioether (sulfide) groups is 3. The molecule has 2 aliphatic rings. The van der Waals surface area contributed by atoms with E-state index in [1.165, 1.54) is 73.3 Å². The Hall–Kier alpha value is 1.01. The van der Waals surface area contributed by atoms with Crippen LogP contribution in [-0.2, 0) is 0 Å². The van der Waals surface area contributed by atoms with E-state index in [0.717, 1.165) is 6.04 Å². The second kappa shape index (κ2) is 9.00. The molecule has 0 radical (unpaired) electrons. The van der Waals surface area contributed by atoms with Gasteiger partial charge < -0.3 is 0 Å². The smallest absolute Gasteiger partial charge is 0.0455 e. The molecule has 1 heterocycles. The fourth-order valence-electron chi connectivity index (χ4n) is 2.57. The third-order valence-electron chi connectivity index (χ3n) is 3.60. The summed E-state index contributed by atoms with van der Waals surface area (Å²) in [6.45, 7) is 0. The van der Waals surface area contributed by atoms with Crippen molar-refractivity contribution in [2.75, 3.05) is 34.8 Å². The zero-order valence-electron chi connectivity index (χ0n) is 10.7. The second-order valence-electron chi connectivity index (χ2n) is 4.92. The molecule has 0 aromatic rings. The molecule has 0 N–H and O–H groups in total. The van der Waals surface area contributed by atoms with Crippen molar-refractivity contribution in [2.24, 2.45) is 0 Å². The largest absolute Gasteiger partial charge is 0.282 e. The Morgan fingerprint density at radius 1 is 0.647 bits per heavy atom. The highest BCUT2D eigenvalue weighted by atomic mass is 32.2. The Labute approximate surface area is 119 Å². The van der Waals surface area contributed by atoms with E-state index < -0.39 is 0 Å². The van der Waals surface area contributed by atoms with Gasteiger partial charge in [-0.05, 0) is 12.8 Å². The number of hydrogen-bond acceptors (Lipinski definition) is 4. The molecule has 0 spiro atoms. The summed E-state index contributed by atoms with van der Waals surface area (Å²) in [4.78, 5) is 2.77. The Morgan fingerprint density at radius 3 is 1.76 bits per heavy atom. The van der Waals surface area contributed by atoms with Gasteiger partial charge in [-0.25, -0.2) is 0 Å². The van der Waals surface area contributed by atoms with Gasteiger partial charge in [-0.15, -0.1) is 23.5 Å². The van der Waals surface area contributed by atoms with Crippen molar-refractivity contribution in [2.45, 2.75) is 44.6 Å². The highest BCUT2D eigenvalue weighted by molar-refractivity contribution is 8.04. The van der Waals surface area contributed by atoms with Gasteiger partial charge in [0.1, 0.15) is 0 Å². The van der Waals surface area contributed by atoms with E-state index in [1.807, 2.05) is 0 Å². The van der Waals surface area contributed by atoms with Crippen LogP contribution < -0.4 is 0 Å². The molecule has 100 valence electrons. The quantitative estimate of drug-likeness (QED) is 0.668. The third kappa shape index (κ3) is 5.66. The summed E-state index contributed by atoms with van der Waals surface area (Å²) in [6, 6.07) is 0.893. The van der Waals surface area contributed by atoms with Gasteiger partial charge in [-0.3, -0.25) is 4.90 Å². The highest BCUT2D eigenvalue weighted by Crippen LogP contribution is 2.26. The molecule has 4 heteroatoms. The maximum Gasteiger partial charge on any atom is 0.0455 e. The molecule has 0 atom stereocenters.